The summed E-state index contributed by atoms with van der Waals surface area (Å²) in [5, 5.41) is 30.8. The highest BCUT2D eigenvalue weighted by molar-refractivity contribution is 7.99. The van der Waals surface area contributed by atoms with Gasteiger partial charge in [-0.2, -0.15) is 11.8 Å². The molecular weight excluding hydrogens is 677 g/mol. The van der Waals surface area contributed by atoms with Crippen LogP contribution in [0.4, 0.5) is 0 Å². The van der Waals surface area contributed by atoms with Crippen molar-refractivity contribution in [1.82, 2.24) is 26.3 Å². The fourth-order valence-corrected chi connectivity index (χ4v) is 5.81. The number of aromatic hydroxyl groups is 2. The van der Waals surface area contributed by atoms with Crippen molar-refractivity contribution in [3.8, 4) is 11.5 Å². The van der Waals surface area contributed by atoms with Crippen molar-refractivity contribution in [3.63, 3.8) is 0 Å². The van der Waals surface area contributed by atoms with Gasteiger partial charge in [0.25, 0.3) is 0 Å². The zero-order chi connectivity index (χ0) is 36.2. The monoisotopic (exact) mass is 720 g/mol. The summed E-state index contributed by atoms with van der Waals surface area (Å²) in [6, 6.07) is 4.29. The number of carbonyl (C=O) groups is 5. The molecule has 8 N–H and O–H groups in total. The Morgan fingerprint density at radius 3 is 2.37 bits per heavy atom. The number of methoxy groups -OCH3 is 2. The van der Waals surface area contributed by atoms with E-state index in [1.165, 1.54) is 56.8 Å². The van der Waals surface area contributed by atoms with Gasteiger partial charge in [0.2, 0.25) is 17.7 Å². The number of thioether (sulfide) groups is 2. The van der Waals surface area contributed by atoms with E-state index in [0.29, 0.717) is 35.7 Å². The molecule has 0 aliphatic carbocycles. The number of amides is 3. The molecule has 1 heterocycles. The van der Waals surface area contributed by atoms with Crippen molar-refractivity contribution in [3.05, 3.63) is 53.7 Å². The van der Waals surface area contributed by atoms with Crippen molar-refractivity contribution in [2.45, 2.75) is 42.4 Å². The summed E-state index contributed by atoms with van der Waals surface area (Å²) in [5.74, 6) is -2.13. The Morgan fingerprint density at radius 2 is 1.71 bits per heavy atom. The van der Waals surface area contributed by atoms with Crippen LogP contribution in [0.25, 0.3) is 6.08 Å². The molecule has 0 saturated heterocycles. The summed E-state index contributed by atoms with van der Waals surface area (Å²) in [6.07, 6.45) is 4.97. The highest BCUT2D eigenvalue weighted by atomic mass is 32.2. The SMILES string of the molecule is CNCCSC[C@H](N)C(=O)NCCCC[C@H](NC(=O)/C=C/c1ccc(O)c(O)c1)C(=O)N[C@@H](CSc1ccc(C(=O)OC)cn1)C(=O)OC. The summed E-state index contributed by atoms with van der Waals surface area (Å²) < 4.78 is 9.55. The lowest BCUT2D eigenvalue weighted by molar-refractivity contribution is -0.144. The lowest BCUT2D eigenvalue weighted by Crippen LogP contribution is -2.52. The molecular formula is C32H44N6O9S2. The zero-order valence-electron chi connectivity index (χ0n) is 27.6. The summed E-state index contributed by atoms with van der Waals surface area (Å²) >= 11 is 2.71. The predicted molar refractivity (Wildman–Crippen MR) is 187 cm³/mol. The molecule has 17 heteroatoms. The smallest absolute Gasteiger partial charge is 0.339 e. The van der Waals surface area contributed by atoms with Crippen LogP contribution in [0.3, 0.4) is 0 Å². The first-order valence-electron chi connectivity index (χ1n) is 15.3. The van der Waals surface area contributed by atoms with Crippen LogP contribution in [0.5, 0.6) is 11.5 Å². The van der Waals surface area contributed by atoms with Gasteiger partial charge in [-0.15, -0.1) is 11.8 Å². The summed E-state index contributed by atoms with van der Waals surface area (Å²) in [6.45, 7) is 1.12. The maximum absolute atomic E-state index is 13.5. The second-order valence-corrected chi connectivity index (χ2v) is 12.7. The van der Waals surface area contributed by atoms with Gasteiger partial charge in [-0.3, -0.25) is 14.4 Å². The lowest BCUT2D eigenvalue weighted by atomic mass is 10.1. The molecule has 0 unspecified atom stereocenters. The van der Waals surface area contributed by atoms with E-state index in [2.05, 4.69) is 31.0 Å². The molecule has 0 bridgehead atoms. The average molecular weight is 721 g/mol. The summed E-state index contributed by atoms with van der Waals surface area (Å²) in [7, 11) is 4.28. The summed E-state index contributed by atoms with van der Waals surface area (Å²) in [5.41, 5.74) is 6.64. The number of rotatable bonds is 21. The number of nitrogens with zero attached hydrogens (tertiary/aromatic N) is 1. The number of unbranched alkanes of at least 4 members (excludes halogenated alkanes) is 1. The Labute approximate surface area is 293 Å². The molecule has 1 aromatic heterocycles. The van der Waals surface area contributed by atoms with E-state index in [-0.39, 0.29) is 35.1 Å². The third-order valence-corrected chi connectivity index (χ3v) is 8.89. The van der Waals surface area contributed by atoms with Crippen LogP contribution in [0, 0.1) is 0 Å². The van der Waals surface area contributed by atoms with Crippen LogP contribution in [0.2, 0.25) is 0 Å². The molecule has 0 aliphatic heterocycles. The Bertz CT molecular complexity index is 1430. The van der Waals surface area contributed by atoms with Crippen molar-refractivity contribution in [1.29, 1.82) is 0 Å². The molecule has 3 atom stereocenters. The number of hydrogen-bond acceptors (Lipinski definition) is 14. The van der Waals surface area contributed by atoms with Crippen LogP contribution < -0.4 is 27.0 Å². The second-order valence-electron chi connectivity index (χ2n) is 10.5. The number of esters is 2. The van der Waals surface area contributed by atoms with Gasteiger partial charge in [0.15, 0.2) is 11.5 Å². The minimum Gasteiger partial charge on any atom is -0.504 e. The molecule has 0 saturated carbocycles. The molecule has 1 aromatic carbocycles. The van der Waals surface area contributed by atoms with Gasteiger partial charge in [0.1, 0.15) is 12.1 Å². The number of carbonyl (C=O) groups excluding carboxylic acids is 5. The van der Waals surface area contributed by atoms with Crippen LogP contribution in [-0.2, 0) is 28.7 Å². The van der Waals surface area contributed by atoms with Gasteiger partial charge < -0.3 is 46.7 Å². The number of nitrogens with one attached hydrogen (secondary N) is 4. The molecule has 268 valence electrons. The maximum atomic E-state index is 13.5. The topological polar surface area (TPSA) is 231 Å². The molecule has 2 aromatic rings. The number of ether oxygens (including phenoxy) is 2. The van der Waals surface area contributed by atoms with Crippen molar-refractivity contribution in [2.24, 2.45) is 5.73 Å². The minimum atomic E-state index is -1.11. The number of nitrogens with two attached hydrogens (primary N) is 1. The van der Waals surface area contributed by atoms with Crippen molar-refractivity contribution in [2.75, 3.05) is 51.6 Å². The minimum absolute atomic E-state index is 0.0351. The molecule has 0 spiro atoms. The third kappa shape index (κ3) is 15.2. The number of aromatic nitrogens is 1. The van der Waals surface area contributed by atoms with Gasteiger partial charge >= 0.3 is 11.9 Å². The van der Waals surface area contributed by atoms with Gasteiger partial charge in [0.05, 0.1) is 30.9 Å². The van der Waals surface area contributed by atoms with Crippen LogP contribution in [0.1, 0.15) is 35.2 Å². The van der Waals surface area contributed by atoms with E-state index in [1.807, 2.05) is 7.05 Å². The average Bonchev–Trinajstić information content (AvgIpc) is 3.10. The molecule has 3 amide bonds. The molecule has 0 radical (unpaired) electrons. The van der Waals surface area contributed by atoms with Gasteiger partial charge in [-0.25, -0.2) is 14.6 Å². The highest BCUT2D eigenvalue weighted by Crippen LogP contribution is 2.25. The standard InChI is InChI=1S/C32H44N6O9S2/c1-34-14-15-48-18-22(33)29(42)35-13-5-4-6-23(37-27(41)11-8-20-7-10-25(39)26(40)16-20)30(43)38-24(32(45)47-3)19-49-28-12-9-21(17-36-28)31(44)46-2/h7-12,16-17,22-24,34,39-40H,4-6,13-15,18-19,33H2,1-3H3,(H,35,42)(H,37,41)(H,38,43)/b11-8+/t22-,23-,24-/m0/s1. The third-order valence-electron chi connectivity index (χ3n) is 6.77. The highest BCUT2D eigenvalue weighted by Gasteiger charge is 2.27. The predicted octanol–water partition coefficient (Wildman–Crippen LogP) is 0.794. The van der Waals surface area contributed by atoms with Gasteiger partial charge in [-0.05, 0) is 62.2 Å². The molecule has 2 rings (SSSR count). The van der Waals surface area contributed by atoms with Crippen LogP contribution in [0.15, 0.2) is 47.6 Å². The largest absolute Gasteiger partial charge is 0.504 e. The Morgan fingerprint density at radius 1 is 0.939 bits per heavy atom. The Kier molecular flexibility index (Phi) is 18.6. The maximum Gasteiger partial charge on any atom is 0.339 e. The normalized spacial score (nSPS) is 12.8. The van der Waals surface area contributed by atoms with E-state index in [9.17, 15) is 34.2 Å². The Balaban J connectivity index is 2.06. The zero-order valence-corrected chi connectivity index (χ0v) is 29.2. The van der Waals surface area contributed by atoms with Crippen LogP contribution >= 0.6 is 23.5 Å². The Hall–Kier alpha value is -4.32. The second kappa shape index (κ2) is 22.3. The first-order chi connectivity index (χ1) is 23.5. The van der Waals surface area contributed by atoms with E-state index in [4.69, 9.17) is 10.5 Å². The number of phenolic OH excluding ortho intramolecular Hbond substituents is 2. The molecule has 15 nitrogen and oxygen atoms in total. The van der Waals surface area contributed by atoms with E-state index in [0.717, 1.165) is 24.1 Å². The van der Waals surface area contributed by atoms with Gasteiger partial charge in [-0.1, -0.05) is 6.07 Å². The molecule has 0 fully saturated rings. The van der Waals surface area contributed by atoms with Gasteiger partial charge in [0, 0.05) is 42.6 Å². The number of hydrogen-bond donors (Lipinski definition) is 7. The fraction of sp³-hybridized carbons (Fsp3) is 0.438. The number of phenols is 2. The quantitative estimate of drug-likeness (QED) is 0.0311. The lowest BCUT2D eigenvalue weighted by Gasteiger charge is -2.22. The fourth-order valence-electron chi connectivity index (χ4n) is 4.04. The van der Waals surface area contributed by atoms with E-state index in [1.54, 1.807) is 17.8 Å². The van der Waals surface area contributed by atoms with Crippen LogP contribution in [-0.4, -0.2) is 115 Å². The number of benzene rings is 1. The first kappa shape index (κ1) is 40.9. The van der Waals surface area contributed by atoms with E-state index >= 15 is 0 Å². The molecule has 0 aliphatic rings. The van der Waals surface area contributed by atoms with E-state index < -0.39 is 41.9 Å². The number of pyridine rings is 1. The first-order valence-corrected chi connectivity index (χ1v) is 17.4. The summed E-state index contributed by atoms with van der Waals surface area (Å²) in [4.78, 5) is 67.1. The van der Waals surface area contributed by atoms with Crippen molar-refractivity contribution < 1.29 is 43.7 Å². The van der Waals surface area contributed by atoms with Crippen molar-refractivity contribution >= 4 is 59.3 Å². The molecule has 49 heavy (non-hydrogen) atoms.